The van der Waals surface area contributed by atoms with Crippen LogP contribution in [0.5, 0.6) is 0 Å². The molecule has 0 amide bonds. The van der Waals surface area contributed by atoms with Crippen LogP contribution in [0.4, 0.5) is 17.5 Å². The summed E-state index contributed by atoms with van der Waals surface area (Å²) >= 11 is 0. The normalized spacial score (nSPS) is 10.0. The van der Waals surface area contributed by atoms with Crippen molar-refractivity contribution < 1.29 is 0 Å². The minimum Gasteiger partial charge on any atom is -0.350 e. The Morgan fingerprint density at radius 1 is 1.12 bits per heavy atom. The van der Waals surface area contributed by atoms with Gasteiger partial charge in [-0.25, -0.2) is 4.98 Å². The lowest BCUT2D eigenvalue weighted by Gasteiger charge is -2.10. The molecule has 0 unspecified atom stereocenters. The number of hydrogen-bond acceptors (Lipinski definition) is 6. The van der Waals surface area contributed by atoms with Gasteiger partial charge in [0.25, 0.3) is 0 Å². The van der Waals surface area contributed by atoms with Crippen molar-refractivity contribution in [2.75, 3.05) is 10.6 Å². The molecule has 2 aromatic heterocycles. The van der Waals surface area contributed by atoms with Crippen LogP contribution in [0, 0.1) is 18.3 Å². The number of aryl methyl sites for hydroxylation is 1. The molecule has 24 heavy (non-hydrogen) atoms. The van der Waals surface area contributed by atoms with Gasteiger partial charge in [-0.1, -0.05) is 6.07 Å². The number of benzene rings is 1. The molecule has 0 radical (unpaired) electrons. The summed E-state index contributed by atoms with van der Waals surface area (Å²) in [6.07, 6.45) is 3.55. The molecule has 0 saturated carbocycles. The number of rotatable bonds is 5. The Kier molecular flexibility index (Phi) is 4.63. The molecule has 6 heteroatoms. The molecular weight excluding hydrogens is 300 g/mol. The molecule has 0 aliphatic carbocycles. The number of aromatic nitrogens is 3. The maximum Gasteiger partial charge on any atom is 0.225 e. The standard InChI is InChI=1S/C18H16N6/c1-13-9-17(23-16-6-4-14(10-19)5-7-16)24-18(22-13)21-12-15-3-2-8-20-11-15/h2-9,11H,12H2,1H3,(H2,21,22,23,24). The molecule has 3 rings (SSSR count). The van der Waals surface area contributed by atoms with Gasteiger partial charge < -0.3 is 10.6 Å². The van der Waals surface area contributed by atoms with Gasteiger partial charge in [-0.15, -0.1) is 0 Å². The van der Waals surface area contributed by atoms with E-state index >= 15 is 0 Å². The molecule has 1 aromatic carbocycles. The summed E-state index contributed by atoms with van der Waals surface area (Å²) < 4.78 is 0. The van der Waals surface area contributed by atoms with Gasteiger partial charge >= 0.3 is 0 Å². The van der Waals surface area contributed by atoms with Gasteiger partial charge in [-0.2, -0.15) is 10.2 Å². The zero-order chi connectivity index (χ0) is 16.8. The van der Waals surface area contributed by atoms with E-state index in [2.05, 4.69) is 31.7 Å². The third-order valence-electron chi connectivity index (χ3n) is 3.31. The van der Waals surface area contributed by atoms with Crippen molar-refractivity contribution in [1.82, 2.24) is 15.0 Å². The van der Waals surface area contributed by atoms with E-state index in [4.69, 9.17) is 5.26 Å². The summed E-state index contributed by atoms with van der Waals surface area (Å²) in [6, 6.07) is 15.1. The third-order valence-corrected chi connectivity index (χ3v) is 3.31. The van der Waals surface area contributed by atoms with Gasteiger partial charge in [0.05, 0.1) is 11.6 Å². The lowest BCUT2D eigenvalue weighted by Crippen LogP contribution is -2.06. The summed E-state index contributed by atoms with van der Waals surface area (Å²) in [5.74, 6) is 1.25. The minimum atomic E-state index is 0.551. The minimum absolute atomic E-state index is 0.551. The number of hydrogen-bond donors (Lipinski definition) is 2. The molecular formula is C18H16N6. The molecule has 0 spiro atoms. The zero-order valence-electron chi connectivity index (χ0n) is 13.2. The molecule has 0 atom stereocenters. The maximum absolute atomic E-state index is 8.84. The van der Waals surface area contributed by atoms with Crippen LogP contribution in [0.15, 0.2) is 54.9 Å². The second kappa shape index (κ2) is 7.20. The number of pyridine rings is 1. The van der Waals surface area contributed by atoms with E-state index in [1.807, 2.05) is 37.3 Å². The van der Waals surface area contributed by atoms with Crippen LogP contribution in [-0.4, -0.2) is 15.0 Å². The molecule has 6 nitrogen and oxygen atoms in total. The fraction of sp³-hybridized carbons (Fsp3) is 0.111. The van der Waals surface area contributed by atoms with E-state index in [0.29, 0.717) is 23.9 Å². The Labute approximate surface area is 140 Å². The number of anilines is 3. The fourth-order valence-electron chi connectivity index (χ4n) is 2.17. The highest BCUT2D eigenvalue weighted by Gasteiger charge is 2.03. The molecule has 0 saturated heterocycles. The molecule has 118 valence electrons. The molecule has 2 heterocycles. The van der Waals surface area contributed by atoms with E-state index in [9.17, 15) is 0 Å². The zero-order valence-corrected chi connectivity index (χ0v) is 13.2. The quantitative estimate of drug-likeness (QED) is 0.750. The monoisotopic (exact) mass is 316 g/mol. The summed E-state index contributed by atoms with van der Waals surface area (Å²) in [6.45, 7) is 2.52. The molecule has 0 fully saturated rings. The van der Waals surface area contributed by atoms with Gasteiger partial charge in [0, 0.05) is 36.4 Å². The number of nitrogens with zero attached hydrogens (tertiary/aromatic N) is 4. The first-order chi connectivity index (χ1) is 11.7. The summed E-state index contributed by atoms with van der Waals surface area (Å²) in [7, 11) is 0. The highest BCUT2D eigenvalue weighted by Crippen LogP contribution is 2.17. The van der Waals surface area contributed by atoms with Crippen LogP contribution in [0.25, 0.3) is 0 Å². The number of nitriles is 1. The van der Waals surface area contributed by atoms with Crippen molar-refractivity contribution in [1.29, 1.82) is 5.26 Å². The SMILES string of the molecule is Cc1cc(Nc2ccc(C#N)cc2)nc(NCc2cccnc2)n1. The largest absolute Gasteiger partial charge is 0.350 e. The second-order valence-corrected chi connectivity index (χ2v) is 5.25. The van der Waals surface area contributed by atoms with Crippen LogP contribution < -0.4 is 10.6 Å². The predicted molar refractivity (Wildman–Crippen MR) is 92.8 cm³/mol. The van der Waals surface area contributed by atoms with E-state index in [1.54, 1.807) is 24.5 Å². The van der Waals surface area contributed by atoms with E-state index in [0.717, 1.165) is 16.9 Å². The number of nitrogens with one attached hydrogen (secondary N) is 2. The summed E-state index contributed by atoms with van der Waals surface area (Å²) in [5.41, 5.74) is 3.41. The predicted octanol–water partition coefficient (Wildman–Crippen LogP) is 3.41. The van der Waals surface area contributed by atoms with Crippen LogP contribution in [-0.2, 0) is 6.54 Å². The summed E-state index contributed by atoms with van der Waals surface area (Å²) in [5, 5.41) is 15.3. The van der Waals surface area contributed by atoms with Crippen molar-refractivity contribution in [3.8, 4) is 6.07 Å². The van der Waals surface area contributed by atoms with E-state index in [1.165, 1.54) is 0 Å². The third kappa shape index (κ3) is 4.05. The molecule has 2 N–H and O–H groups in total. The molecule has 0 bridgehead atoms. The van der Waals surface area contributed by atoms with Crippen molar-refractivity contribution in [3.05, 3.63) is 71.7 Å². The molecule has 0 aliphatic heterocycles. The Morgan fingerprint density at radius 2 is 1.96 bits per heavy atom. The highest BCUT2D eigenvalue weighted by molar-refractivity contribution is 5.58. The van der Waals surface area contributed by atoms with E-state index < -0.39 is 0 Å². The lowest BCUT2D eigenvalue weighted by molar-refractivity contribution is 1.02. The lowest BCUT2D eigenvalue weighted by atomic mass is 10.2. The van der Waals surface area contributed by atoms with Crippen molar-refractivity contribution in [2.45, 2.75) is 13.5 Å². The van der Waals surface area contributed by atoms with Gasteiger partial charge in [0.1, 0.15) is 5.82 Å². The van der Waals surface area contributed by atoms with Crippen molar-refractivity contribution >= 4 is 17.5 Å². The Balaban J connectivity index is 1.72. The smallest absolute Gasteiger partial charge is 0.225 e. The molecule has 0 aliphatic rings. The second-order valence-electron chi connectivity index (χ2n) is 5.25. The highest BCUT2D eigenvalue weighted by atomic mass is 15.1. The van der Waals surface area contributed by atoms with Gasteiger partial charge in [-0.05, 0) is 42.8 Å². The van der Waals surface area contributed by atoms with Crippen LogP contribution in [0.1, 0.15) is 16.8 Å². The fourth-order valence-corrected chi connectivity index (χ4v) is 2.17. The van der Waals surface area contributed by atoms with Gasteiger partial charge in [0.2, 0.25) is 5.95 Å². The Morgan fingerprint density at radius 3 is 2.67 bits per heavy atom. The van der Waals surface area contributed by atoms with Crippen molar-refractivity contribution in [2.24, 2.45) is 0 Å². The van der Waals surface area contributed by atoms with Crippen LogP contribution >= 0.6 is 0 Å². The first-order valence-electron chi connectivity index (χ1n) is 7.48. The average molecular weight is 316 g/mol. The van der Waals surface area contributed by atoms with Crippen molar-refractivity contribution in [3.63, 3.8) is 0 Å². The Bertz CT molecular complexity index is 853. The summed E-state index contributed by atoms with van der Waals surface area (Å²) in [4.78, 5) is 12.9. The molecule has 3 aromatic rings. The van der Waals surface area contributed by atoms with Gasteiger partial charge in [0.15, 0.2) is 0 Å². The van der Waals surface area contributed by atoms with Crippen LogP contribution in [0.3, 0.4) is 0 Å². The average Bonchev–Trinajstić information content (AvgIpc) is 2.61. The first-order valence-corrected chi connectivity index (χ1v) is 7.48. The Hall–Kier alpha value is -3.46. The van der Waals surface area contributed by atoms with E-state index in [-0.39, 0.29) is 0 Å². The topological polar surface area (TPSA) is 86.5 Å². The van der Waals surface area contributed by atoms with Gasteiger partial charge in [-0.3, -0.25) is 4.98 Å². The van der Waals surface area contributed by atoms with Crippen LogP contribution in [0.2, 0.25) is 0 Å². The maximum atomic E-state index is 8.84. The first kappa shape index (κ1) is 15.4.